The molecule has 1 aliphatic heterocycles. The Bertz CT molecular complexity index is 121. The maximum Gasteiger partial charge on any atom is 0 e. The Kier molecular flexibility index (Phi) is 9.47. The van der Waals surface area contributed by atoms with Gasteiger partial charge in [-0.3, -0.25) is 0 Å². The molecule has 1 radical (unpaired) electrons. The largest absolute Gasteiger partial charge is 0.358 e. The summed E-state index contributed by atoms with van der Waals surface area (Å²) in [7, 11) is 0. The molecule has 0 unspecified atom stereocenters. The normalized spacial score (nSPS) is 17.7. The quantitative estimate of drug-likeness (QED) is 0.620. The van der Waals surface area contributed by atoms with Crippen LogP contribution in [-0.4, -0.2) is 24.5 Å². The molecule has 0 fully saturated rings. The summed E-state index contributed by atoms with van der Waals surface area (Å²) >= 11 is 0. The monoisotopic (exact) mass is 228 g/mol. The molecule has 0 spiro atoms. The zero-order chi connectivity index (χ0) is 6.69. The third-order valence-electron chi connectivity index (χ3n) is 1.83. The first-order valence-corrected chi connectivity index (χ1v) is 3.56. The third kappa shape index (κ3) is 5.00. The van der Waals surface area contributed by atoms with Crippen LogP contribution in [0.15, 0.2) is 11.6 Å². The molecule has 0 atom stereocenters. The molecule has 2 heteroatoms. The number of hydrogen-bond donors (Lipinski definition) is 0. The Balaban J connectivity index is 0. The van der Waals surface area contributed by atoms with Gasteiger partial charge in [0.05, 0.1) is 0 Å². The van der Waals surface area contributed by atoms with Crippen LogP contribution in [0.2, 0.25) is 0 Å². The van der Waals surface area contributed by atoms with Crippen LogP contribution >= 0.6 is 0 Å². The molecule has 0 N–H and O–H groups in total. The standard InChI is InChI=1S/C8H14N.CH3.Y/c1-3-9-6-4-8(2)5-7-9;;/h4H,2-3,5-7H2,1H3;1H3;/q2*-1;. The first kappa shape index (κ1) is 14.2. The van der Waals surface area contributed by atoms with Crippen molar-refractivity contribution in [2.45, 2.75) is 13.3 Å². The van der Waals surface area contributed by atoms with E-state index < -0.39 is 0 Å². The zero-order valence-electron chi connectivity index (χ0n) is 7.64. The van der Waals surface area contributed by atoms with Crippen molar-refractivity contribution in [3.63, 3.8) is 0 Å². The van der Waals surface area contributed by atoms with E-state index in [0.717, 1.165) is 13.0 Å². The zero-order valence-corrected chi connectivity index (χ0v) is 10.5. The summed E-state index contributed by atoms with van der Waals surface area (Å²) in [6.07, 6.45) is 3.38. The molecule has 0 bridgehead atoms. The summed E-state index contributed by atoms with van der Waals surface area (Å²) in [4.78, 5) is 2.41. The first-order valence-electron chi connectivity index (χ1n) is 3.56. The minimum absolute atomic E-state index is 0. The molecule has 0 amide bonds. The molecule has 0 aromatic carbocycles. The van der Waals surface area contributed by atoms with Crippen molar-refractivity contribution >= 4 is 0 Å². The average Bonchev–Trinajstić information content (AvgIpc) is 1.90. The molecule has 0 saturated carbocycles. The van der Waals surface area contributed by atoms with E-state index in [0.29, 0.717) is 0 Å². The van der Waals surface area contributed by atoms with E-state index in [4.69, 9.17) is 0 Å². The van der Waals surface area contributed by atoms with Crippen LogP contribution in [0.25, 0.3) is 0 Å². The summed E-state index contributed by atoms with van der Waals surface area (Å²) in [5.74, 6) is 0. The minimum Gasteiger partial charge on any atom is -0.358 e. The van der Waals surface area contributed by atoms with Gasteiger partial charge in [-0.2, -0.15) is 0 Å². The Hall–Kier alpha value is 0.674. The van der Waals surface area contributed by atoms with Crippen LogP contribution in [-0.2, 0) is 32.7 Å². The maximum atomic E-state index is 3.90. The minimum atomic E-state index is 0. The van der Waals surface area contributed by atoms with E-state index in [-0.39, 0.29) is 40.1 Å². The third-order valence-corrected chi connectivity index (χ3v) is 1.83. The van der Waals surface area contributed by atoms with Gasteiger partial charge in [0.25, 0.3) is 0 Å². The van der Waals surface area contributed by atoms with Gasteiger partial charge in [0.2, 0.25) is 0 Å². The summed E-state index contributed by atoms with van der Waals surface area (Å²) in [6.45, 7) is 9.57. The van der Waals surface area contributed by atoms with Crippen LogP contribution in [0.4, 0.5) is 0 Å². The van der Waals surface area contributed by atoms with Gasteiger partial charge in [-0.05, 0) is 26.1 Å². The maximum absolute atomic E-state index is 3.90. The van der Waals surface area contributed by atoms with Gasteiger partial charge in [0.15, 0.2) is 0 Å². The van der Waals surface area contributed by atoms with Crippen molar-refractivity contribution < 1.29 is 32.7 Å². The van der Waals surface area contributed by atoms with Crippen LogP contribution in [0.3, 0.4) is 0 Å². The molecule has 0 aromatic heterocycles. The molecule has 1 heterocycles. The SMILES string of the molecule is [CH2-]C1=CCN(CC)CC1.[CH3-].[Y]. The van der Waals surface area contributed by atoms with Crippen molar-refractivity contribution in [2.75, 3.05) is 19.6 Å². The van der Waals surface area contributed by atoms with Crippen molar-refractivity contribution in [2.24, 2.45) is 0 Å². The molecule has 1 rings (SSSR count). The fourth-order valence-electron chi connectivity index (χ4n) is 1.04. The van der Waals surface area contributed by atoms with E-state index >= 15 is 0 Å². The average molecular weight is 228 g/mol. The predicted octanol–water partition coefficient (Wildman–Crippen LogP) is 1.92. The second kappa shape index (κ2) is 7.33. The number of rotatable bonds is 1. The predicted molar refractivity (Wildman–Crippen MR) is 46.6 cm³/mol. The summed E-state index contributed by atoms with van der Waals surface area (Å²) in [6, 6.07) is 0. The first-order chi connectivity index (χ1) is 4.33. The second-order valence-corrected chi connectivity index (χ2v) is 2.51. The van der Waals surface area contributed by atoms with Gasteiger partial charge in [-0.1, -0.05) is 6.92 Å². The fourth-order valence-corrected chi connectivity index (χ4v) is 1.04. The fraction of sp³-hybridized carbons (Fsp3) is 0.556. The molecule has 0 saturated heterocycles. The van der Waals surface area contributed by atoms with E-state index in [2.05, 4.69) is 24.8 Å². The molecule has 1 nitrogen and oxygen atoms in total. The Morgan fingerprint density at radius 3 is 2.64 bits per heavy atom. The van der Waals surface area contributed by atoms with Crippen molar-refractivity contribution in [3.8, 4) is 0 Å². The van der Waals surface area contributed by atoms with Gasteiger partial charge < -0.3 is 12.3 Å². The Morgan fingerprint density at radius 2 is 2.27 bits per heavy atom. The Labute approximate surface area is 96.1 Å². The number of nitrogens with zero attached hydrogens (tertiary/aromatic N) is 1. The molecular formula is C9H17NY-2. The molecule has 0 aromatic rings. The summed E-state index contributed by atoms with van der Waals surface area (Å²) in [5.41, 5.74) is 1.31. The van der Waals surface area contributed by atoms with Crippen molar-refractivity contribution in [3.05, 3.63) is 26.0 Å². The van der Waals surface area contributed by atoms with Crippen molar-refractivity contribution in [1.82, 2.24) is 4.90 Å². The summed E-state index contributed by atoms with van der Waals surface area (Å²) in [5, 5.41) is 0. The molecule has 1 aliphatic rings. The van der Waals surface area contributed by atoms with Gasteiger partial charge in [-0.25, -0.2) is 18.6 Å². The number of hydrogen-bond acceptors (Lipinski definition) is 1. The summed E-state index contributed by atoms with van der Waals surface area (Å²) < 4.78 is 0. The van der Waals surface area contributed by atoms with E-state index in [1.54, 1.807) is 0 Å². The molecule has 63 valence electrons. The van der Waals surface area contributed by atoms with Crippen LogP contribution in [0.5, 0.6) is 0 Å². The topological polar surface area (TPSA) is 3.24 Å². The van der Waals surface area contributed by atoms with Gasteiger partial charge >= 0.3 is 0 Å². The number of likely N-dealkylation sites (N-methyl/N-ethyl adjacent to an activating group) is 1. The van der Waals surface area contributed by atoms with Crippen LogP contribution in [0.1, 0.15) is 13.3 Å². The second-order valence-electron chi connectivity index (χ2n) is 2.51. The van der Waals surface area contributed by atoms with Crippen LogP contribution < -0.4 is 0 Å². The molecule has 11 heavy (non-hydrogen) atoms. The van der Waals surface area contributed by atoms with Crippen LogP contribution in [0, 0.1) is 14.4 Å². The van der Waals surface area contributed by atoms with Gasteiger partial charge in [0.1, 0.15) is 0 Å². The van der Waals surface area contributed by atoms with Crippen molar-refractivity contribution in [1.29, 1.82) is 0 Å². The molecule has 0 aliphatic carbocycles. The van der Waals surface area contributed by atoms with E-state index in [9.17, 15) is 0 Å². The smallest absolute Gasteiger partial charge is 0 e. The van der Waals surface area contributed by atoms with Gasteiger partial charge in [0, 0.05) is 32.7 Å². The van der Waals surface area contributed by atoms with E-state index in [1.165, 1.54) is 18.7 Å². The molecular weight excluding hydrogens is 211 g/mol. The van der Waals surface area contributed by atoms with Gasteiger partial charge in [-0.15, -0.1) is 0 Å². The Morgan fingerprint density at radius 1 is 1.64 bits per heavy atom. The van der Waals surface area contributed by atoms with E-state index in [1.807, 2.05) is 0 Å².